The van der Waals surface area contributed by atoms with Crippen LogP contribution in [0.1, 0.15) is 23.2 Å². The third-order valence-electron chi connectivity index (χ3n) is 3.15. The topological polar surface area (TPSA) is 58.4 Å². The molecule has 2 rings (SSSR count). The third kappa shape index (κ3) is 3.37. The average molecular weight is 268 g/mol. The van der Waals surface area contributed by atoms with E-state index >= 15 is 0 Å². The molecule has 1 amide bonds. The zero-order chi connectivity index (χ0) is 13.0. The number of nitrogens with zero attached hydrogens (tertiary/aromatic N) is 1. The zero-order valence-corrected chi connectivity index (χ0v) is 11.0. The van der Waals surface area contributed by atoms with Gasteiger partial charge in [0.05, 0.1) is 10.6 Å². The third-order valence-corrected chi connectivity index (χ3v) is 3.48. The van der Waals surface area contributed by atoms with Crippen molar-refractivity contribution in [3.63, 3.8) is 0 Å². The van der Waals surface area contributed by atoms with E-state index in [-0.39, 0.29) is 5.91 Å². The van der Waals surface area contributed by atoms with E-state index in [1.54, 1.807) is 18.2 Å². The van der Waals surface area contributed by atoms with Crippen molar-refractivity contribution in [3.05, 3.63) is 28.8 Å². The minimum atomic E-state index is -0.161. The van der Waals surface area contributed by atoms with E-state index in [0.29, 0.717) is 22.8 Å². The molecule has 0 saturated carbocycles. The number of halogens is 1. The van der Waals surface area contributed by atoms with Crippen LogP contribution in [-0.4, -0.2) is 37.0 Å². The monoisotopic (exact) mass is 267 g/mol. The second kappa shape index (κ2) is 6.07. The van der Waals surface area contributed by atoms with Gasteiger partial charge in [-0.15, -0.1) is 0 Å². The molecular formula is C13H18ClN3O. The van der Waals surface area contributed by atoms with Crippen LogP contribution in [-0.2, 0) is 0 Å². The molecule has 1 aliphatic heterocycles. The molecule has 0 bridgehead atoms. The first-order valence-corrected chi connectivity index (χ1v) is 6.60. The second-order valence-corrected chi connectivity index (χ2v) is 4.95. The molecule has 1 aromatic carbocycles. The molecule has 3 N–H and O–H groups in total. The van der Waals surface area contributed by atoms with E-state index in [0.717, 1.165) is 19.6 Å². The molecule has 4 nitrogen and oxygen atoms in total. The lowest BCUT2D eigenvalue weighted by Crippen LogP contribution is -2.33. The lowest BCUT2D eigenvalue weighted by molar-refractivity contribution is 0.0950. The summed E-state index contributed by atoms with van der Waals surface area (Å²) in [6, 6.07) is 4.93. The maximum Gasteiger partial charge on any atom is 0.252 e. The standard InChI is InChI=1S/C13H18ClN3O/c14-12-4-3-10(15)9-11(12)13(18)16-5-8-17-6-1-2-7-17/h3-4,9H,1-2,5-8,15H2,(H,16,18). The smallest absolute Gasteiger partial charge is 0.252 e. The van der Waals surface area contributed by atoms with Crippen LogP contribution >= 0.6 is 11.6 Å². The summed E-state index contributed by atoms with van der Waals surface area (Å²) in [5.74, 6) is -0.161. The second-order valence-electron chi connectivity index (χ2n) is 4.54. The highest BCUT2D eigenvalue weighted by Gasteiger charge is 2.13. The number of hydrogen-bond donors (Lipinski definition) is 2. The van der Waals surface area contributed by atoms with Gasteiger partial charge in [0, 0.05) is 18.8 Å². The van der Waals surface area contributed by atoms with Crippen molar-refractivity contribution in [2.45, 2.75) is 12.8 Å². The van der Waals surface area contributed by atoms with E-state index < -0.39 is 0 Å². The van der Waals surface area contributed by atoms with Crippen molar-refractivity contribution < 1.29 is 4.79 Å². The van der Waals surface area contributed by atoms with Crippen LogP contribution in [0.4, 0.5) is 5.69 Å². The number of likely N-dealkylation sites (tertiary alicyclic amines) is 1. The summed E-state index contributed by atoms with van der Waals surface area (Å²) in [5, 5.41) is 3.31. The number of anilines is 1. The van der Waals surface area contributed by atoms with Gasteiger partial charge < -0.3 is 16.0 Å². The van der Waals surface area contributed by atoms with Gasteiger partial charge in [0.1, 0.15) is 0 Å². The Kier molecular flexibility index (Phi) is 4.44. The van der Waals surface area contributed by atoms with Crippen molar-refractivity contribution in [1.82, 2.24) is 10.2 Å². The molecule has 5 heteroatoms. The summed E-state index contributed by atoms with van der Waals surface area (Å²) in [5.41, 5.74) is 6.63. The maximum atomic E-state index is 11.9. The number of nitrogen functional groups attached to an aromatic ring is 1. The lowest BCUT2D eigenvalue weighted by atomic mass is 10.2. The largest absolute Gasteiger partial charge is 0.399 e. The predicted octanol–water partition coefficient (Wildman–Crippen LogP) is 1.75. The summed E-state index contributed by atoms with van der Waals surface area (Å²) in [6.45, 7) is 3.81. The molecule has 18 heavy (non-hydrogen) atoms. The Balaban J connectivity index is 1.85. The molecule has 1 heterocycles. The van der Waals surface area contributed by atoms with Gasteiger partial charge in [0.15, 0.2) is 0 Å². The van der Waals surface area contributed by atoms with E-state index in [9.17, 15) is 4.79 Å². The number of benzene rings is 1. The number of hydrogen-bond acceptors (Lipinski definition) is 3. The number of nitrogens with one attached hydrogen (secondary N) is 1. The molecule has 0 radical (unpaired) electrons. The van der Waals surface area contributed by atoms with E-state index in [1.807, 2.05) is 0 Å². The van der Waals surface area contributed by atoms with Gasteiger partial charge in [0.2, 0.25) is 0 Å². The van der Waals surface area contributed by atoms with Gasteiger partial charge in [-0.3, -0.25) is 4.79 Å². The molecule has 1 fully saturated rings. The van der Waals surface area contributed by atoms with Crippen molar-refractivity contribution in [1.29, 1.82) is 0 Å². The average Bonchev–Trinajstić information content (AvgIpc) is 2.85. The Morgan fingerprint density at radius 3 is 2.83 bits per heavy atom. The Labute approximate surface area is 112 Å². The summed E-state index contributed by atoms with van der Waals surface area (Å²) < 4.78 is 0. The van der Waals surface area contributed by atoms with Gasteiger partial charge in [-0.25, -0.2) is 0 Å². The zero-order valence-electron chi connectivity index (χ0n) is 10.3. The molecule has 1 aliphatic rings. The number of nitrogens with two attached hydrogens (primary N) is 1. The minimum absolute atomic E-state index is 0.161. The molecule has 0 spiro atoms. The minimum Gasteiger partial charge on any atom is -0.399 e. The Morgan fingerprint density at radius 1 is 1.39 bits per heavy atom. The quantitative estimate of drug-likeness (QED) is 0.817. The van der Waals surface area contributed by atoms with Crippen LogP contribution < -0.4 is 11.1 Å². The number of amides is 1. The first-order chi connectivity index (χ1) is 8.66. The van der Waals surface area contributed by atoms with Crippen LogP contribution in [0.15, 0.2) is 18.2 Å². The van der Waals surface area contributed by atoms with Crippen LogP contribution in [0.3, 0.4) is 0 Å². The van der Waals surface area contributed by atoms with Crippen molar-refractivity contribution in [2.24, 2.45) is 0 Å². The normalized spacial score (nSPS) is 15.8. The summed E-state index contributed by atoms with van der Waals surface area (Å²) in [4.78, 5) is 14.3. The molecule has 0 aliphatic carbocycles. The van der Waals surface area contributed by atoms with Crippen molar-refractivity contribution in [3.8, 4) is 0 Å². The Morgan fingerprint density at radius 2 is 2.11 bits per heavy atom. The number of carbonyl (C=O) groups excluding carboxylic acids is 1. The molecule has 98 valence electrons. The fourth-order valence-electron chi connectivity index (χ4n) is 2.15. The fourth-order valence-corrected chi connectivity index (χ4v) is 2.35. The summed E-state index contributed by atoms with van der Waals surface area (Å²) in [7, 11) is 0. The highest BCUT2D eigenvalue weighted by molar-refractivity contribution is 6.34. The highest BCUT2D eigenvalue weighted by Crippen LogP contribution is 2.18. The van der Waals surface area contributed by atoms with Gasteiger partial charge >= 0.3 is 0 Å². The van der Waals surface area contributed by atoms with E-state index in [2.05, 4.69) is 10.2 Å². The van der Waals surface area contributed by atoms with E-state index in [4.69, 9.17) is 17.3 Å². The fraction of sp³-hybridized carbons (Fsp3) is 0.462. The predicted molar refractivity (Wildman–Crippen MR) is 73.9 cm³/mol. The molecule has 0 aromatic heterocycles. The first kappa shape index (κ1) is 13.2. The van der Waals surface area contributed by atoms with Crippen LogP contribution in [0, 0.1) is 0 Å². The summed E-state index contributed by atoms with van der Waals surface area (Å²) in [6.07, 6.45) is 2.52. The van der Waals surface area contributed by atoms with Gasteiger partial charge in [-0.05, 0) is 44.1 Å². The maximum absolute atomic E-state index is 11.9. The van der Waals surface area contributed by atoms with Gasteiger partial charge in [-0.2, -0.15) is 0 Å². The van der Waals surface area contributed by atoms with Gasteiger partial charge in [-0.1, -0.05) is 11.6 Å². The number of carbonyl (C=O) groups is 1. The van der Waals surface area contributed by atoms with Crippen molar-refractivity contribution >= 4 is 23.2 Å². The van der Waals surface area contributed by atoms with Crippen LogP contribution in [0.2, 0.25) is 5.02 Å². The number of rotatable bonds is 4. The molecular weight excluding hydrogens is 250 g/mol. The lowest BCUT2D eigenvalue weighted by Gasteiger charge is -2.15. The molecule has 0 unspecified atom stereocenters. The van der Waals surface area contributed by atoms with Gasteiger partial charge in [0.25, 0.3) is 5.91 Å². The SMILES string of the molecule is Nc1ccc(Cl)c(C(=O)NCCN2CCCC2)c1. The first-order valence-electron chi connectivity index (χ1n) is 6.22. The molecule has 1 aromatic rings. The highest BCUT2D eigenvalue weighted by atomic mass is 35.5. The van der Waals surface area contributed by atoms with E-state index in [1.165, 1.54) is 12.8 Å². The Hall–Kier alpha value is -1.26. The van der Waals surface area contributed by atoms with Crippen molar-refractivity contribution in [2.75, 3.05) is 31.9 Å². The Bertz CT molecular complexity index is 430. The molecule has 1 saturated heterocycles. The molecule has 0 atom stereocenters. The van der Waals surface area contributed by atoms with Crippen LogP contribution in [0.5, 0.6) is 0 Å². The summed E-state index contributed by atoms with van der Waals surface area (Å²) >= 11 is 5.97. The van der Waals surface area contributed by atoms with Crippen LogP contribution in [0.25, 0.3) is 0 Å².